The van der Waals surface area contributed by atoms with Gasteiger partial charge in [-0.2, -0.15) is 0 Å². The number of carbonyl (C=O) groups is 3. The van der Waals surface area contributed by atoms with E-state index in [2.05, 4.69) is 81.5 Å². The lowest BCUT2D eigenvalue weighted by Gasteiger charge is -2.18. The summed E-state index contributed by atoms with van der Waals surface area (Å²) in [4.78, 5) is 38.1. The van der Waals surface area contributed by atoms with Crippen molar-refractivity contribution < 1.29 is 28.6 Å². The Morgan fingerprint density at radius 1 is 0.303 bits per heavy atom. The van der Waals surface area contributed by atoms with Gasteiger partial charge < -0.3 is 14.2 Å². The molecule has 6 heteroatoms. The third-order valence-electron chi connectivity index (χ3n) is 12.3. The minimum Gasteiger partial charge on any atom is -0.462 e. The normalized spacial score (nSPS) is 12.5. The molecule has 0 aliphatic rings. The molecule has 0 bridgehead atoms. The SMILES string of the molecule is CCCCCCC\C=C/C=C\C=C/CCCCCCCC(=O)OCC(COC(=O)CCCCCCCCCCCCCCCC)OC(=O)CCCCC/C=C\C=C/CCCCCCCCC. The maximum absolute atomic E-state index is 12.8. The summed E-state index contributed by atoms with van der Waals surface area (Å²) in [7, 11) is 0. The van der Waals surface area contributed by atoms with Gasteiger partial charge in [-0.3, -0.25) is 14.4 Å². The van der Waals surface area contributed by atoms with Gasteiger partial charge in [0.15, 0.2) is 6.10 Å². The van der Waals surface area contributed by atoms with Crippen LogP contribution in [0, 0.1) is 0 Å². The Balaban J connectivity index is 4.45. The van der Waals surface area contributed by atoms with Crippen LogP contribution >= 0.6 is 0 Å². The molecule has 0 fully saturated rings. The Kier molecular flexibility index (Phi) is 52.3. The molecule has 0 saturated carbocycles. The second-order valence-corrected chi connectivity index (χ2v) is 18.9. The highest BCUT2D eigenvalue weighted by molar-refractivity contribution is 5.71. The van der Waals surface area contributed by atoms with Crippen molar-refractivity contribution in [1.29, 1.82) is 0 Å². The predicted molar refractivity (Wildman–Crippen MR) is 284 cm³/mol. The van der Waals surface area contributed by atoms with E-state index in [0.717, 1.165) is 89.9 Å². The molecule has 0 aromatic carbocycles. The Labute approximate surface area is 409 Å². The van der Waals surface area contributed by atoms with E-state index < -0.39 is 6.10 Å². The van der Waals surface area contributed by atoms with E-state index in [1.165, 1.54) is 154 Å². The molecule has 1 atom stereocenters. The summed E-state index contributed by atoms with van der Waals surface area (Å²) >= 11 is 0. The number of esters is 3. The molecule has 0 saturated heterocycles. The van der Waals surface area contributed by atoms with Gasteiger partial charge in [-0.15, -0.1) is 0 Å². The molecule has 66 heavy (non-hydrogen) atoms. The van der Waals surface area contributed by atoms with Crippen molar-refractivity contribution >= 4 is 17.9 Å². The van der Waals surface area contributed by atoms with Crippen molar-refractivity contribution in [2.75, 3.05) is 13.2 Å². The first-order valence-corrected chi connectivity index (χ1v) is 28.3. The molecule has 0 rings (SSSR count). The molecule has 0 spiro atoms. The van der Waals surface area contributed by atoms with Crippen molar-refractivity contribution in [3.63, 3.8) is 0 Å². The molecular weight excluding hydrogens is 817 g/mol. The number of allylic oxidation sites excluding steroid dienone is 10. The molecule has 1 unspecified atom stereocenters. The number of hydrogen-bond donors (Lipinski definition) is 0. The minimum atomic E-state index is -0.795. The number of hydrogen-bond acceptors (Lipinski definition) is 6. The van der Waals surface area contributed by atoms with Gasteiger partial charge in [-0.25, -0.2) is 0 Å². The van der Waals surface area contributed by atoms with Gasteiger partial charge in [0.05, 0.1) is 0 Å². The Morgan fingerprint density at radius 3 is 0.864 bits per heavy atom. The summed E-state index contributed by atoms with van der Waals surface area (Å²) in [5, 5.41) is 0. The quantitative estimate of drug-likeness (QED) is 0.0262. The van der Waals surface area contributed by atoms with Crippen LogP contribution in [0.2, 0.25) is 0 Å². The minimum absolute atomic E-state index is 0.0894. The van der Waals surface area contributed by atoms with Crippen LogP contribution in [0.4, 0.5) is 0 Å². The zero-order valence-corrected chi connectivity index (χ0v) is 43.7. The average Bonchev–Trinajstić information content (AvgIpc) is 3.31. The van der Waals surface area contributed by atoms with Crippen molar-refractivity contribution in [2.45, 2.75) is 290 Å². The molecule has 0 radical (unpaired) electrons. The lowest BCUT2D eigenvalue weighted by atomic mass is 10.0. The second kappa shape index (κ2) is 54.7. The number of rotatable bonds is 51. The third-order valence-corrected chi connectivity index (χ3v) is 12.3. The molecule has 0 heterocycles. The van der Waals surface area contributed by atoms with E-state index in [-0.39, 0.29) is 31.1 Å². The van der Waals surface area contributed by atoms with E-state index >= 15 is 0 Å². The topological polar surface area (TPSA) is 78.9 Å². The van der Waals surface area contributed by atoms with E-state index in [9.17, 15) is 14.4 Å². The van der Waals surface area contributed by atoms with Crippen molar-refractivity contribution in [3.05, 3.63) is 60.8 Å². The maximum Gasteiger partial charge on any atom is 0.306 e. The number of unbranched alkanes of at least 4 members (excludes halogenated alkanes) is 33. The van der Waals surface area contributed by atoms with Crippen molar-refractivity contribution in [3.8, 4) is 0 Å². The fourth-order valence-corrected chi connectivity index (χ4v) is 8.02. The molecule has 0 N–H and O–H groups in total. The van der Waals surface area contributed by atoms with Crippen LogP contribution in [-0.4, -0.2) is 37.2 Å². The van der Waals surface area contributed by atoms with Gasteiger partial charge in [0.25, 0.3) is 0 Å². The molecular formula is C60H106O6. The average molecular weight is 924 g/mol. The standard InChI is InChI=1S/C60H106O6/c1-4-7-10-13-16-19-22-25-28-30-31-33-35-38-41-44-47-50-53-59(62)65-56-57(55-64-58(61)52-49-46-43-40-37-34-27-24-21-18-15-12-9-6-3)66-60(63)54-51-48-45-42-39-36-32-29-26-23-20-17-14-11-8-5-2/h22,25,28-33,36,39,57H,4-21,23-24,26-27,34-35,37-38,40-56H2,1-3H3/b25-22-,30-28-,32-29-,33-31-,39-36-. The predicted octanol–water partition coefficient (Wildman–Crippen LogP) is 18.8. The first-order valence-electron chi connectivity index (χ1n) is 28.3. The maximum atomic E-state index is 12.8. The highest BCUT2D eigenvalue weighted by Gasteiger charge is 2.19. The van der Waals surface area contributed by atoms with Gasteiger partial charge in [-0.05, 0) is 70.6 Å². The summed E-state index contributed by atoms with van der Waals surface area (Å²) in [5.74, 6) is -0.926. The van der Waals surface area contributed by atoms with E-state index in [4.69, 9.17) is 14.2 Å². The number of ether oxygens (including phenoxy) is 3. The van der Waals surface area contributed by atoms with E-state index in [1.807, 2.05) is 0 Å². The van der Waals surface area contributed by atoms with E-state index in [1.54, 1.807) is 0 Å². The Morgan fingerprint density at radius 2 is 0.545 bits per heavy atom. The molecule has 6 nitrogen and oxygen atoms in total. The molecule has 0 amide bonds. The summed E-state index contributed by atoms with van der Waals surface area (Å²) < 4.78 is 16.8. The summed E-state index contributed by atoms with van der Waals surface area (Å²) in [6, 6.07) is 0. The van der Waals surface area contributed by atoms with Crippen LogP contribution in [-0.2, 0) is 28.6 Å². The van der Waals surface area contributed by atoms with Crippen LogP contribution in [0.15, 0.2) is 60.8 Å². The fraction of sp³-hybridized carbons (Fsp3) is 0.783. The first kappa shape index (κ1) is 63.1. The van der Waals surface area contributed by atoms with Gasteiger partial charge in [0.2, 0.25) is 0 Å². The summed E-state index contributed by atoms with van der Waals surface area (Å²) in [6.45, 7) is 6.60. The van der Waals surface area contributed by atoms with Gasteiger partial charge >= 0.3 is 17.9 Å². The smallest absolute Gasteiger partial charge is 0.306 e. The molecule has 0 aromatic heterocycles. The fourth-order valence-electron chi connectivity index (χ4n) is 8.02. The first-order chi connectivity index (χ1) is 32.5. The molecule has 0 aliphatic carbocycles. The lowest BCUT2D eigenvalue weighted by Crippen LogP contribution is -2.30. The van der Waals surface area contributed by atoms with Crippen LogP contribution in [0.5, 0.6) is 0 Å². The van der Waals surface area contributed by atoms with Crippen LogP contribution in [0.1, 0.15) is 284 Å². The van der Waals surface area contributed by atoms with Crippen molar-refractivity contribution in [1.82, 2.24) is 0 Å². The highest BCUT2D eigenvalue weighted by atomic mass is 16.6. The number of carbonyl (C=O) groups excluding carboxylic acids is 3. The zero-order chi connectivity index (χ0) is 47.9. The van der Waals surface area contributed by atoms with Gasteiger partial charge in [0, 0.05) is 19.3 Å². The highest BCUT2D eigenvalue weighted by Crippen LogP contribution is 2.15. The summed E-state index contributed by atoms with van der Waals surface area (Å²) in [5.41, 5.74) is 0. The monoisotopic (exact) mass is 923 g/mol. The Bertz CT molecular complexity index is 1200. The van der Waals surface area contributed by atoms with E-state index in [0.29, 0.717) is 19.3 Å². The van der Waals surface area contributed by atoms with Gasteiger partial charge in [-0.1, -0.05) is 255 Å². The van der Waals surface area contributed by atoms with Crippen LogP contribution in [0.3, 0.4) is 0 Å². The molecule has 0 aromatic rings. The third kappa shape index (κ3) is 52.1. The zero-order valence-electron chi connectivity index (χ0n) is 43.7. The largest absolute Gasteiger partial charge is 0.462 e. The summed E-state index contributed by atoms with van der Waals surface area (Å²) in [6.07, 6.45) is 67.7. The van der Waals surface area contributed by atoms with Crippen LogP contribution < -0.4 is 0 Å². The lowest BCUT2D eigenvalue weighted by molar-refractivity contribution is -0.167. The Hall–Kier alpha value is -2.89. The second-order valence-electron chi connectivity index (χ2n) is 18.9. The molecule has 382 valence electrons. The molecule has 0 aliphatic heterocycles. The van der Waals surface area contributed by atoms with Crippen molar-refractivity contribution in [2.24, 2.45) is 0 Å². The van der Waals surface area contributed by atoms with Crippen LogP contribution in [0.25, 0.3) is 0 Å². The van der Waals surface area contributed by atoms with Gasteiger partial charge in [0.1, 0.15) is 13.2 Å².